The summed E-state index contributed by atoms with van der Waals surface area (Å²) in [5.41, 5.74) is 1.87. The average Bonchev–Trinajstić information content (AvgIpc) is 2.79. The van der Waals surface area contributed by atoms with Crippen molar-refractivity contribution in [1.82, 2.24) is 9.97 Å². The first-order chi connectivity index (χ1) is 9.24. The number of hydrogen-bond acceptors (Lipinski definition) is 4. The topological polar surface area (TPSA) is 37.8 Å². The number of thiophene rings is 1. The van der Waals surface area contributed by atoms with Crippen LogP contribution in [0.3, 0.4) is 0 Å². The van der Waals surface area contributed by atoms with E-state index in [0.29, 0.717) is 17.1 Å². The van der Waals surface area contributed by atoms with E-state index in [1.54, 1.807) is 0 Å². The Morgan fingerprint density at radius 3 is 2.68 bits per heavy atom. The Balaban J connectivity index is 1.92. The number of anilines is 1. The third kappa shape index (κ3) is 2.66. The van der Waals surface area contributed by atoms with Crippen LogP contribution in [0.2, 0.25) is 10.3 Å². The summed E-state index contributed by atoms with van der Waals surface area (Å²) in [6.45, 7) is 0.679. The van der Waals surface area contributed by atoms with Gasteiger partial charge < -0.3 is 5.32 Å². The lowest BCUT2D eigenvalue weighted by molar-refractivity contribution is 1.11. The molecule has 0 saturated carbocycles. The second kappa shape index (κ2) is 5.33. The van der Waals surface area contributed by atoms with Gasteiger partial charge in [0.05, 0.1) is 9.72 Å². The molecular weight excluding hydrogens is 301 g/mol. The number of halogens is 2. The fraction of sp³-hybridized carbons (Fsp3) is 0.0769. The number of nitrogens with one attached hydrogen (secondary N) is 1. The molecule has 0 aliphatic heterocycles. The van der Waals surface area contributed by atoms with E-state index in [1.807, 2.05) is 35.7 Å². The van der Waals surface area contributed by atoms with Crippen LogP contribution in [0.4, 0.5) is 5.82 Å². The van der Waals surface area contributed by atoms with E-state index in [-0.39, 0.29) is 5.28 Å². The molecule has 0 bridgehead atoms. The third-order valence-corrected chi connectivity index (χ3v) is 4.21. The zero-order chi connectivity index (χ0) is 13.2. The molecule has 0 amide bonds. The van der Waals surface area contributed by atoms with Gasteiger partial charge in [0.1, 0.15) is 11.3 Å². The van der Waals surface area contributed by atoms with E-state index in [0.717, 1.165) is 10.5 Å². The maximum atomic E-state index is 6.07. The Bertz CT molecular complexity index is 712. The maximum Gasteiger partial charge on any atom is 0.225 e. The summed E-state index contributed by atoms with van der Waals surface area (Å²) in [6, 6.07) is 10.1. The molecular formula is C13H9Cl2N3S. The van der Waals surface area contributed by atoms with E-state index in [2.05, 4.69) is 15.3 Å². The largest absolute Gasteiger partial charge is 0.365 e. The molecule has 1 aromatic carbocycles. The molecule has 1 N–H and O–H groups in total. The van der Waals surface area contributed by atoms with Crippen molar-refractivity contribution in [1.29, 1.82) is 0 Å². The van der Waals surface area contributed by atoms with E-state index in [4.69, 9.17) is 23.2 Å². The lowest BCUT2D eigenvalue weighted by atomic mass is 10.2. The molecule has 96 valence electrons. The number of rotatable bonds is 3. The van der Waals surface area contributed by atoms with Crippen LogP contribution in [-0.2, 0) is 6.54 Å². The van der Waals surface area contributed by atoms with E-state index >= 15 is 0 Å². The molecule has 0 atom stereocenters. The third-order valence-electron chi connectivity index (χ3n) is 2.65. The zero-order valence-electron chi connectivity index (χ0n) is 9.73. The van der Waals surface area contributed by atoms with Crippen LogP contribution in [0.15, 0.2) is 35.7 Å². The number of benzene rings is 1. The molecule has 2 heterocycles. The summed E-state index contributed by atoms with van der Waals surface area (Å²) in [7, 11) is 0. The van der Waals surface area contributed by atoms with Crippen LogP contribution < -0.4 is 5.32 Å². The predicted molar refractivity (Wildman–Crippen MR) is 81.2 cm³/mol. The predicted octanol–water partition coefficient (Wildman–Crippen LogP) is 4.61. The normalized spacial score (nSPS) is 10.8. The first-order valence-corrected chi connectivity index (χ1v) is 7.25. The highest BCUT2D eigenvalue weighted by molar-refractivity contribution is 7.18. The van der Waals surface area contributed by atoms with E-state index in [1.165, 1.54) is 16.9 Å². The summed E-state index contributed by atoms with van der Waals surface area (Å²) < 4.78 is 0.922. The van der Waals surface area contributed by atoms with Gasteiger partial charge in [0.25, 0.3) is 0 Å². The molecule has 3 rings (SSSR count). The van der Waals surface area contributed by atoms with Crippen molar-refractivity contribution in [2.24, 2.45) is 0 Å². The Labute approximate surface area is 124 Å². The molecule has 0 aliphatic rings. The minimum Gasteiger partial charge on any atom is -0.365 e. The first kappa shape index (κ1) is 12.7. The van der Waals surface area contributed by atoms with Gasteiger partial charge in [-0.05, 0) is 17.2 Å². The van der Waals surface area contributed by atoms with Crippen molar-refractivity contribution in [2.75, 3.05) is 5.32 Å². The maximum absolute atomic E-state index is 6.07. The van der Waals surface area contributed by atoms with Gasteiger partial charge in [-0.25, -0.2) is 4.98 Å². The number of nitrogens with zero attached hydrogens (tertiary/aromatic N) is 2. The highest BCUT2D eigenvalue weighted by atomic mass is 35.5. The number of aromatic nitrogens is 2. The molecule has 0 saturated heterocycles. The molecule has 0 unspecified atom stereocenters. The summed E-state index contributed by atoms with van der Waals surface area (Å²) in [6.07, 6.45) is 0. The average molecular weight is 310 g/mol. The molecule has 3 nitrogen and oxygen atoms in total. The molecule has 0 aliphatic carbocycles. The molecule has 0 radical (unpaired) electrons. The molecule has 2 aromatic heterocycles. The monoisotopic (exact) mass is 309 g/mol. The molecule has 19 heavy (non-hydrogen) atoms. The highest BCUT2D eigenvalue weighted by Crippen LogP contribution is 2.33. The Hall–Kier alpha value is -1.36. The van der Waals surface area contributed by atoms with Crippen molar-refractivity contribution in [2.45, 2.75) is 6.54 Å². The molecule has 3 aromatic rings. The SMILES string of the molecule is Clc1nc(NCc2ccccc2)c2scc(Cl)c2n1. The van der Waals surface area contributed by atoms with Gasteiger partial charge in [-0.1, -0.05) is 41.9 Å². The van der Waals surface area contributed by atoms with Crippen molar-refractivity contribution in [3.63, 3.8) is 0 Å². The Morgan fingerprint density at radius 1 is 1.11 bits per heavy atom. The zero-order valence-corrected chi connectivity index (χ0v) is 12.1. The summed E-state index contributed by atoms with van der Waals surface area (Å²) in [4.78, 5) is 8.37. The number of hydrogen-bond donors (Lipinski definition) is 1. The second-order valence-corrected chi connectivity index (χ2v) is 5.57. The lowest BCUT2D eigenvalue weighted by Gasteiger charge is -2.06. The summed E-state index contributed by atoms with van der Waals surface area (Å²) in [5, 5.41) is 5.91. The van der Waals surface area contributed by atoms with Gasteiger partial charge in [-0.2, -0.15) is 4.98 Å². The van der Waals surface area contributed by atoms with Crippen LogP contribution in [0.5, 0.6) is 0 Å². The Morgan fingerprint density at radius 2 is 1.89 bits per heavy atom. The summed E-state index contributed by atoms with van der Waals surface area (Å²) in [5.74, 6) is 0.718. The van der Waals surface area contributed by atoms with Crippen LogP contribution >= 0.6 is 34.5 Å². The van der Waals surface area contributed by atoms with Gasteiger partial charge in [-0.15, -0.1) is 11.3 Å². The van der Waals surface area contributed by atoms with E-state index in [9.17, 15) is 0 Å². The fourth-order valence-corrected chi connectivity index (χ4v) is 3.09. The minimum absolute atomic E-state index is 0.198. The molecule has 0 fully saturated rings. The Kier molecular flexibility index (Phi) is 3.55. The van der Waals surface area contributed by atoms with Gasteiger partial charge in [-0.3, -0.25) is 0 Å². The fourth-order valence-electron chi connectivity index (χ4n) is 1.76. The van der Waals surface area contributed by atoms with Crippen molar-refractivity contribution in [3.8, 4) is 0 Å². The van der Waals surface area contributed by atoms with Crippen LogP contribution in [0.1, 0.15) is 5.56 Å². The smallest absolute Gasteiger partial charge is 0.225 e. The van der Waals surface area contributed by atoms with Crippen molar-refractivity contribution in [3.05, 3.63) is 51.6 Å². The van der Waals surface area contributed by atoms with Gasteiger partial charge in [0.15, 0.2) is 0 Å². The quantitative estimate of drug-likeness (QED) is 0.718. The van der Waals surface area contributed by atoms with Gasteiger partial charge in [0.2, 0.25) is 5.28 Å². The van der Waals surface area contributed by atoms with Crippen LogP contribution in [-0.4, -0.2) is 9.97 Å². The number of fused-ring (bicyclic) bond motifs is 1. The second-order valence-electron chi connectivity index (χ2n) is 3.94. The molecule has 0 spiro atoms. The van der Waals surface area contributed by atoms with Crippen LogP contribution in [0.25, 0.3) is 10.2 Å². The standard InChI is InChI=1S/C13H9Cl2N3S/c14-9-7-19-11-10(9)17-13(15)18-12(11)16-6-8-4-2-1-3-5-8/h1-5,7H,6H2,(H,16,17,18). The summed E-state index contributed by atoms with van der Waals surface area (Å²) >= 11 is 13.5. The molecule has 6 heteroatoms. The van der Waals surface area contributed by atoms with Crippen molar-refractivity contribution < 1.29 is 0 Å². The van der Waals surface area contributed by atoms with E-state index < -0.39 is 0 Å². The van der Waals surface area contributed by atoms with Crippen LogP contribution in [0, 0.1) is 0 Å². The minimum atomic E-state index is 0.198. The lowest BCUT2D eigenvalue weighted by Crippen LogP contribution is -2.02. The first-order valence-electron chi connectivity index (χ1n) is 5.62. The van der Waals surface area contributed by atoms with Crippen molar-refractivity contribution >= 4 is 50.6 Å². The highest BCUT2D eigenvalue weighted by Gasteiger charge is 2.11. The van der Waals surface area contributed by atoms with Gasteiger partial charge in [0, 0.05) is 11.9 Å². The van der Waals surface area contributed by atoms with Gasteiger partial charge >= 0.3 is 0 Å².